The fourth-order valence-electron chi connectivity index (χ4n) is 3.61. The van der Waals surface area contributed by atoms with Crippen LogP contribution in [0.4, 0.5) is 17.6 Å². The number of hydrogen-bond donors (Lipinski definition) is 0. The highest BCUT2D eigenvalue weighted by atomic mass is 35.5. The second-order valence-corrected chi connectivity index (χ2v) is 8.01. The predicted molar refractivity (Wildman–Crippen MR) is 126 cm³/mol. The van der Waals surface area contributed by atoms with Crippen LogP contribution in [0.25, 0.3) is 11.8 Å². The zero-order valence-electron chi connectivity index (χ0n) is 18.8. The first-order valence-corrected chi connectivity index (χ1v) is 11.0. The van der Waals surface area contributed by atoms with Gasteiger partial charge in [0, 0.05) is 29.2 Å². The molecule has 0 atom stereocenters. The van der Waals surface area contributed by atoms with Gasteiger partial charge in [-0.25, -0.2) is 22.5 Å². The first kappa shape index (κ1) is 25.2. The number of nitrogens with zero attached hydrogens (tertiary/aromatic N) is 4. The number of ether oxygens (including phenoxy) is 1. The van der Waals surface area contributed by atoms with E-state index in [-0.39, 0.29) is 12.3 Å². The van der Waals surface area contributed by atoms with Crippen LogP contribution in [0.15, 0.2) is 67.3 Å². The number of methoxy groups -OCH3 is 1. The lowest BCUT2D eigenvalue weighted by atomic mass is 10.1. The molecular formula is C25H19ClF4N4O2. The Morgan fingerprint density at radius 2 is 1.86 bits per heavy atom. The monoisotopic (exact) mass is 518 g/mol. The molecule has 0 spiro atoms. The van der Waals surface area contributed by atoms with Gasteiger partial charge in [0.2, 0.25) is 0 Å². The van der Waals surface area contributed by atoms with Gasteiger partial charge in [0.1, 0.15) is 17.1 Å². The molecule has 0 amide bonds. The van der Waals surface area contributed by atoms with Gasteiger partial charge in [-0.05, 0) is 48.0 Å². The molecule has 0 N–H and O–H groups in total. The molecule has 11 heteroatoms. The topological polar surface area (TPSA) is 61.9 Å². The van der Waals surface area contributed by atoms with Crippen molar-refractivity contribution < 1.29 is 27.1 Å². The Morgan fingerprint density at radius 3 is 2.47 bits per heavy atom. The second kappa shape index (κ2) is 10.8. The number of halogens is 5. The third kappa shape index (κ3) is 5.33. The normalized spacial score (nSPS) is 11.7. The number of ketones is 1. The summed E-state index contributed by atoms with van der Waals surface area (Å²) < 4.78 is 61.2. The summed E-state index contributed by atoms with van der Waals surface area (Å²) >= 11 is 5.74. The van der Waals surface area contributed by atoms with Crippen molar-refractivity contribution in [2.24, 2.45) is 0 Å². The Bertz CT molecular complexity index is 1380. The summed E-state index contributed by atoms with van der Waals surface area (Å²) in [6.45, 7) is -0.291. The van der Waals surface area contributed by atoms with Crippen LogP contribution in [0.3, 0.4) is 0 Å². The first-order valence-electron chi connectivity index (χ1n) is 10.6. The van der Waals surface area contributed by atoms with Crippen LogP contribution < -0.4 is 4.74 Å². The van der Waals surface area contributed by atoms with Gasteiger partial charge in [0.25, 0.3) is 12.9 Å². The molecule has 0 fully saturated rings. The standard InChI is InChI=1S/C25H19ClF4N4O2/c1-36-20-9-3-15(2-8-19(35)16-4-6-18(7-5-16)33-11-10-31-14-33)12-17(20)13-34-23(25(29)30)21(26)22(32-34)24(27)28/h2-12,14,24-25H,13H2,1H3/b8-2+. The number of carbonyl (C=O) groups excluding carboxylic acids is 1. The van der Waals surface area contributed by atoms with Gasteiger partial charge in [-0.15, -0.1) is 0 Å². The minimum atomic E-state index is -3.11. The zero-order chi connectivity index (χ0) is 25.8. The number of rotatable bonds is 9. The SMILES string of the molecule is COc1ccc(/C=C/C(=O)c2ccc(-n3ccnc3)cc2)cc1Cn1nc(C(F)F)c(Cl)c1C(F)F. The summed E-state index contributed by atoms with van der Waals surface area (Å²) in [6.07, 6.45) is 1.81. The Labute approximate surface area is 208 Å². The van der Waals surface area contributed by atoms with Crippen molar-refractivity contribution in [1.29, 1.82) is 0 Å². The average molecular weight is 519 g/mol. The molecule has 186 valence electrons. The summed E-state index contributed by atoms with van der Waals surface area (Å²) in [6, 6.07) is 11.8. The highest BCUT2D eigenvalue weighted by Crippen LogP contribution is 2.35. The smallest absolute Gasteiger partial charge is 0.283 e. The average Bonchev–Trinajstić information content (AvgIpc) is 3.51. The summed E-state index contributed by atoms with van der Waals surface area (Å²) in [5.74, 6) is 0.0870. The minimum Gasteiger partial charge on any atom is -0.496 e. The van der Waals surface area contributed by atoms with Gasteiger partial charge < -0.3 is 9.30 Å². The lowest BCUT2D eigenvalue weighted by Gasteiger charge is -2.12. The van der Waals surface area contributed by atoms with E-state index in [1.54, 1.807) is 71.8 Å². The second-order valence-electron chi connectivity index (χ2n) is 7.63. The highest BCUT2D eigenvalue weighted by Gasteiger charge is 2.28. The van der Waals surface area contributed by atoms with Gasteiger partial charge >= 0.3 is 0 Å². The third-order valence-corrected chi connectivity index (χ3v) is 5.76. The van der Waals surface area contributed by atoms with Crippen molar-refractivity contribution in [3.8, 4) is 11.4 Å². The Kier molecular flexibility index (Phi) is 7.54. The van der Waals surface area contributed by atoms with Crippen LogP contribution in [0.5, 0.6) is 5.75 Å². The molecule has 4 rings (SSSR count). The largest absolute Gasteiger partial charge is 0.496 e. The van der Waals surface area contributed by atoms with E-state index in [9.17, 15) is 22.4 Å². The van der Waals surface area contributed by atoms with Gasteiger partial charge in [-0.1, -0.05) is 23.7 Å². The van der Waals surface area contributed by atoms with Crippen LogP contribution in [-0.4, -0.2) is 32.2 Å². The number of benzene rings is 2. The van der Waals surface area contributed by atoms with Gasteiger partial charge in [0.15, 0.2) is 5.78 Å². The van der Waals surface area contributed by atoms with E-state index >= 15 is 0 Å². The van der Waals surface area contributed by atoms with E-state index in [0.717, 1.165) is 10.4 Å². The van der Waals surface area contributed by atoms with Crippen molar-refractivity contribution in [2.45, 2.75) is 19.4 Å². The quantitative estimate of drug-likeness (QED) is 0.143. The summed E-state index contributed by atoms with van der Waals surface area (Å²) in [5.41, 5.74) is 0.565. The van der Waals surface area contributed by atoms with E-state index in [1.165, 1.54) is 13.2 Å². The zero-order valence-corrected chi connectivity index (χ0v) is 19.5. The predicted octanol–water partition coefficient (Wildman–Crippen LogP) is 6.55. The molecule has 0 bridgehead atoms. The molecule has 2 aromatic heterocycles. The van der Waals surface area contributed by atoms with Crippen LogP contribution in [0.1, 0.15) is 45.7 Å². The molecule has 0 saturated carbocycles. The number of imidazole rings is 1. The number of allylic oxidation sites excluding steroid dienone is 1. The summed E-state index contributed by atoms with van der Waals surface area (Å²) in [7, 11) is 1.39. The molecule has 36 heavy (non-hydrogen) atoms. The van der Waals surface area contributed by atoms with Crippen molar-refractivity contribution in [1.82, 2.24) is 19.3 Å². The number of carbonyl (C=O) groups is 1. The maximum absolute atomic E-state index is 13.5. The Hall–Kier alpha value is -3.92. The highest BCUT2D eigenvalue weighted by molar-refractivity contribution is 6.32. The van der Waals surface area contributed by atoms with E-state index in [2.05, 4.69) is 10.1 Å². The molecule has 2 heterocycles. The number of aromatic nitrogens is 4. The van der Waals surface area contributed by atoms with Crippen molar-refractivity contribution >= 4 is 23.5 Å². The molecule has 6 nitrogen and oxygen atoms in total. The van der Waals surface area contributed by atoms with Crippen molar-refractivity contribution in [3.05, 3.63) is 100 Å². The summed E-state index contributed by atoms with van der Waals surface area (Å²) in [5, 5.41) is 2.83. The van der Waals surface area contributed by atoms with E-state index in [1.807, 2.05) is 0 Å². The fourth-order valence-corrected chi connectivity index (χ4v) is 3.91. The van der Waals surface area contributed by atoms with Gasteiger partial charge in [0.05, 0.1) is 25.0 Å². The maximum Gasteiger partial charge on any atom is 0.283 e. The molecule has 0 aliphatic carbocycles. The van der Waals surface area contributed by atoms with E-state index in [4.69, 9.17) is 16.3 Å². The lowest BCUT2D eigenvalue weighted by molar-refractivity contribution is 0.104. The van der Waals surface area contributed by atoms with Crippen LogP contribution in [-0.2, 0) is 6.54 Å². The van der Waals surface area contributed by atoms with Gasteiger partial charge in [-0.3, -0.25) is 9.48 Å². The molecular weight excluding hydrogens is 500 g/mol. The molecule has 2 aromatic carbocycles. The maximum atomic E-state index is 13.5. The lowest BCUT2D eigenvalue weighted by Crippen LogP contribution is -2.08. The van der Waals surface area contributed by atoms with Crippen molar-refractivity contribution in [3.63, 3.8) is 0 Å². The molecule has 0 aliphatic heterocycles. The molecule has 0 aliphatic rings. The molecule has 0 saturated heterocycles. The van der Waals surface area contributed by atoms with Crippen LogP contribution in [0, 0.1) is 0 Å². The fraction of sp³-hybridized carbons (Fsp3) is 0.160. The molecule has 0 unspecified atom stereocenters. The van der Waals surface area contributed by atoms with Gasteiger partial charge in [-0.2, -0.15) is 5.10 Å². The first-order chi connectivity index (χ1) is 17.3. The third-order valence-electron chi connectivity index (χ3n) is 5.38. The Morgan fingerprint density at radius 1 is 1.11 bits per heavy atom. The number of alkyl halides is 4. The van der Waals surface area contributed by atoms with Crippen LogP contribution in [0.2, 0.25) is 5.02 Å². The molecule has 4 aromatic rings. The number of hydrogen-bond acceptors (Lipinski definition) is 4. The Balaban J connectivity index is 1.57. The van der Waals surface area contributed by atoms with Crippen molar-refractivity contribution in [2.75, 3.05) is 7.11 Å². The van der Waals surface area contributed by atoms with E-state index in [0.29, 0.717) is 22.4 Å². The minimum absolute atomic E-state index is 0.245. The molecule has 0 radical (unpaired) electrons. The van der Waals surface area contributed by atoms with E-state index < -0.39 is 29.3 Å². The summed E-state index contributed by atoms with van der Waals surface area (Å²) in [4.78, 5) is 16.6. The van der Waals surface area contributed by atoms with Crippen LogP contribution >= 0.6 is 11.6 Å².